The van der Waals surface area contributed by atoms with Gasteiger partial charge < -0.3 is 10.1 Å². The normalized spacial score (nSPS) is 22.0. The third-order valence-corrected chi connectivity index (χ3v) is 6.39. The molecule has 1 atom stereocenters. The number of hydrogen-bond acceptors (Lipinski definition) is 5. The third-order valence-electron chi connectivity index (χ3n) is 4.02. The van der Waals surface area contributed by atoms with E-state index in [-0.39, 0.29) is 17.3 Å². The van der Waals surface area contributed by atoms with Gasteiger partial charge >= 0.3 is 0 Å². The molecule has 0 bridgehead atoms. The van der Waals surface area contributed by atoms with Gasteiger partial charge in [0.1, 0.15) is 11.9 Å². The summed E-state index contributed by atoms with van der Waals surface area (Å²) >= 11 is 0. The van der Waals surface area contributed by atoms with Crippen LogP contribution in [-0.2, 0) is 21.4 Å². The zero-order valence-electron chi connectivity index (χ0n) is 13.1. The van der Waals surface area contributed by atoms with Crippen LogP contribution in [0.2, 0.25) is 0 Å². The minimum atomic E-state index is -3.12. The molecule has 0 radical (unpaired) electrons. The molecular weight excluding hydrogens is 318 g/mol. The highest BCUT2D eigenvalue weighted by Crippen LogP contribution is 2.33. The Kier molecular flexibility index (Phi) is 4.54. The van der Waals surface area contributed by atoms with Crippen LogP contribution < -0.4 is 10.1 Å². The first-order chi connectivity index (χ1) is 10.9. The highest BCUT2D eigenvalue weighted by Gasteiger charge is 2.43. The number of nitrogens with one attached hydrogen (secondary N) is 1. The van der Waals surface area contributed by atoms with Gasteiger partial charge in [0, 0.05) is 25.7 Å². The Balaban J connectivity index is 1.58. The van der Waals surface area contributed by atoms with Crippen molar-refractivity contribution in [1.29, 1.82) is 0 Å². The highest BCUT2D eigenvalue weighted by atomic mass is 32.2. The van der Waals surface area contributed by atoms with Crippen LogP contribution in [0.1, 0.15) is 31.9 Å². The Morgan fingerprint density at radius 1 is 1.43 bits per heavy atom. The minimum Gasteiger partial charge on any atom is -0.489 e. The standard InChI is InChI=1S/C15H21N3O4S/c1-11(19)17-9-12-8-13(4-6-16-12)22-14-5-7-18(10-14)23(20,21)15-2-3-15/h4,6,8,14-15H,2-3,5,7,9-10H2,1H3,(H,17,19). The van der Waals surface area contributed by atoms with E-state index in [9.17, 15) is 13.2 Å². The molecule has 1 aromatic rings. The number of carbonyl (C=O) groups is 1. The fraction of sp³-hybridized carbons (Fsp3) is 0.600. The van der Waals surface area contributed by atoms with E-state index >= 15 is 0 Å². The molecule has 126 valence electrons. The SMILES string of the molecule is CC(=O)NCc1cc(OC2CCN(S(=O)(=O)C3CC3)C2)ccn1. The summed E-state index contributed by atoms with van der Waals surface area (Å²) in [4.78, 5) is 15.1. The summed E-state index contributed by atoms with van der Waals surface area (Å²) in [5, 5.41) is 2.51. The fourth-order valence-corrected chi connectivity index (χ4v) is 4.52. The number of nitrogens with zero attached hydrogens (tertiary/aromatic N) is 2. The van der Waals surface area contributed by atoms with Gasteiger partial charge in [-0.15, -0.1) is 0 Å². The van der Waals surface area contributed by atoms with Crippen LogP contribution in [0.4, 0.5) is 0 Å². The van der Waals surface area contributed by atoms with E-state index in [2.05, 4.69) is 10.3 Å². The average molecular weight is 339 g/mol. The monoisotopic (exact) mass is 339 g/mol. The summed E-state index contributed by atoms with van der Waals surface area (Å²) in [6, 6.07) is 3.52. The lowest BCUT2D eigenvalue weighted by Crippen LogP contribution is -2.33. The van der Waals surface area contributed by atoms with Gasteiger partial charge in [-0.2, -0.15) is 4.31 Å². The summed E-state index contributed by atoms with van der Waals surface area (Å²) in [7, 11) is -3.12. The first-order valence-electron chi connectivity index (χ1n) is 7.80. The highest BCUT2D eigenvalue weighted by molar-refractivity contribution is 7.90. The van der Waals surface area contributed by atoms with E-state index in [1.165, 1.54) is 6.92 Å². The number of amides is 1. The van der Waals surface area contributed by atoms with Crippen molar-refractivity contribution in [2.45, 2.75) is 44.1 Å². The van der Waals surface area contributed by atoms with Crippen molar-refractivity contribution in [2.24, 2.45) is 0 Å². The molecule has 0 aromatic carbocycles. The molecule has 1 amide bonds. The van der Waals surface area contributed by atoms with Crippen LogP contribution >= 0.6 is 0 Å². The quantitative estimate of drug-likeness (QED) is 0.823. The summed E-state index contributed by atoms with van der Waals surface area (Å²) in [6.45, 7) is 2.72. The van der Waals surface area contributed by atoms with Crippen molar-refractivity contribution in [3.05, 3.63) is 24.0 Å². The lowest BCUT2D eigenvalue weighted by molar-refractivity contribution is -0.119. The zero-order chi connectivity index (χ0) is 16.4. The number of hydrogen-bond donors (Lipinski definition) is 1. The number of pyridine rings is 1. The van der Waals surface area contributed by atoms with Crippen molar-refractivity contribution in [3.8, 4) is 5.75 Å². The van der Waals surface area contributed by atoms with Crippen LogP contribution in [0.3, 0.4) is 0 Å². The number of rotatable bonds is 6. The fourth-order valence-electron chi connectivity index (χ4n) is 2.64. The maximum absolute atomic E-state index is 12.2. The molecule has 2 fully saturated rings. The van der Waals surface area contributed by atoms with Crippen LogP contribution in [-0.4, -0.2) is 48.1 Å². The van der Waals surface area contributed by atoms with Crippen LogP contribution in [0, 0.1) is 0 Å². The van der Waals surface area contributed by atoms with Crippen LogP contribution in [0.15, 0.2) is 18.3 Å². The number of carbonyl (C=O) groups excluding carboxylic acids is 1. The molecular formula is C15H21N3O4S. The average Bonchev–Trinajstić information content (AvgIpc) is 3.27. The summed E-state index contributed by atoms with van der Waals surface area (Å²) in [5.41, 5.74) is 0.707. The van der Waals surface area contributed by atoms with Crippen LogP contribution in [0.5, 0.6) is 5.75 Å². The van der Waals surface area contributed by atoms with E-state index in [1.807, 2.05) is 0 Å². The van der Waals surface area contributed by atoms with E-state index < -0.39 is 10.0 Å². The summed E-state index contributed by atoms with van der Waals surface area (Å²) in [6.07, 6.45) is 3.73. The molecule has 23 heavy (non-hydrogen) atoms. The molecule has 1 unspecified atom stereocenters. The van der Waals surface area contributed by atoms with E-state index in [4.69, 9.17) is 4.74 Å². The Morgan fingerprint density at radius 2 is 2.22 bits per heavy atom. The minimum absolute atomic E-state index is 0.116. The molecule has 2 aliphatic rings. The van der Waals surface area contributed by atoms with Gasteiger partial charge in [-0.05, 0) is 25.3 Å². The van der Waals surface area contributed by atoms with Gasteiger partial charge in [0.05, 0.1) is 24.0 Å². The second-order valence-corrected chi connectivity index (χ2v) is 8.24. The number of ether oxygens (including phenoxy) is 1. The molecule has 0 spiro atoms. The van der Waals surface area contributed by atoms with Crippen LogP contribution in [0.25, 0.3) is 0 Å². The van der Waals surface area contributed by atoms with Gasteiger partial charge in [0.15, 0.2) is 0 Å². The Morgan fingerprint density at radius 3 is 2.91 bits per heavy atom. The predicted octanol–water partition coefficient (Wildman–Crippen LogP) is 0.663. The van der Waals surface area contributed by atoms with Crippen molar-refractivity contribution in [2.75, 3.05) is 13.1 Å². The second-order valence-electron chi connectivity index (χ2n) is 6.02. The van der Waals surface area contributed by atoms with Crippen molar-refractivity contribution >= 4 is 15.9 Å². The van der Waals surface area contributed by atoms with Gasteiger partial charge in [0.25, 0.3) is 0 Å². The Hall–Kier alpha value is -1.67. The summed E-state index contributed by atoms with van der Waals surface area (Å²) in [5.74, 6) is 0.533. The largest absolute Gasteiger partial charge is 0.489 e. The molecule has 8 heteroatoms. The van der Waals surface area contributed by atoms with Gasteiger partial charge in [-0.3, -0.25) is 9.78 Å². The zero-order valence-corrected chi connectivity index (χ0v) is 13.9. The molecule has 1 aliphatic carbocycles. The molecule has 7 nitrogen and oxygen atoms in total. The smallest absolute Gasteiger partial charge is 0.217 e. The molecule has 1 aliphatic heterocycles. The lowest BCUT2D eigenvalue weighted by atomic mass is 10.3. The van der Waals surface area contributed by atoms with Crippen molar-refractivity contribution < 1.29 is 17.9 Å². The molecule has 1 N–H and O–H groups in total. The molecule has 2 heterocycles. The second kappa shape index (κ2) is 6.45. The van der Waals surface area contributed by atoms with E-state index in [0.717, 1.165) is 12.8 Å². The molecule has 1 aromatic heterocycles. The van der Waals surface area contributed by atoms with Crippen molar-refractivity contribution in [1.82, 2.24) is 14.6 Å². The number of aromatic nitrogens is 1. The summed E-state index contributed by atoms with van der Waals surface area (Å²) < 4.78 is 31.9. The van der Waals surface area contributed by atoms with Crippen molar-refractivity contribution in [3.63, 3.8) is 0 Å². The molecule has 1 saturated heterocycles. The maximum atomic E-state index is 12.2. The van der Waals surface area contributed by atoms with Gasteiger partial charge in [0.2, 0.25) is 15.9 Å². The lowest BCUT2D eigenvalue weighted by Gasteiger charge is -2.17. The first-order valence-corrected chi connectivity index (χ1v) is 9.30. The van der Waals surface area contributed by atoms with E-state index in [0.29, 0.717) is 37.5 Å². The maximum Gasteiger partial charge on any atom is 0.217 e. The molecule has 3 rings (SSSR count). The third kappa shape index (κ3) is 4.00. The Bertz CT molecular complexity index is 688. The van der Waals surface area contributed by atoms with E-state index in [1.54, 1.807) is 22.6 Å². The predicted molar refractivity (Wildman–Crippen MR) is 84.3 cm³/mol. The number of sulfonamides is 1. The first kappa shape index (κ1) is 16.2. The topological polar surface area (TPSA) is 88.6 Å². The Labute approximate surface area is 136 Å². The molecule has 1 saturated carbocycles. The van der Waals surface area contributed by atoms with Gasteiger partial charge in [-0.25, -0.2) is 8.42 Å². The van der Waals surface area contributed by atoms with Gasteiger partial charge in [-0.1, -0.05) is 0 Å².